The van der Waals surface area contributed by atoms with Crippen molar-refractivity contribution in [3.8, 4) is 10.6 Å². The Kier molecular flexibility index (Phi) is 5.45. The van der Waals surface area contributed by atoms with Gasteiger partial charge in [0.2, 0.25) is 0 Å². The van der Waals surface area contributed by atoms with Crippen molar-refractivity contribution < 1.29 is 9.59 Å². The molecule has 1 saturated heterocycles. The molecule has 1 unspecified atom stereocenters. The molecule has 1 aromatic carbocycles. The summed E-state index contributed by atoms with van der Waals surface area (Å²) in [7, 11) is 0. The molecule has 1 aliphatic rings. The van der Waals surface area contributed by atoms with Crippen molar-refractivity contribution in [2.75, 3.05) is 18.4 Å². The molecule has 1 atom stereocenters. The molecule has 132 valence electrons. The highest BCUT2D eigenvalue weighted by molar-refractivity contribution is 7.13. The van der Waals surface area contributed by atoms with E-state index in [1.807, 2.05) is 17.5 Å². The van der Waals surface area contributed by atoms with E-state index < -0.39 is 11.8 Å². The number of rotatable bonds is 4. The van der Waals surface area contributed by atoms with Crippen LogP contribution in [0.15, 0.2) is 35.8 Å². The number of nitrogens with zero attached hydrogens (tertiary/aromatic N) is 2. The van der Waals surface area contributed by atoms with Gasteiger partial charge >= 0.3 is 11.8 Å². The van der Waals surface area contributed by atoms with Gasteiger partial charge in [0.25, 0.3) is 0 Å². The van der Waals surface area contributed by atoms with Crippen molar-refractivity contribution in [2.24, 2.45) is 0 Å². The van der Waals surface area contributed by atoms with E-state index in [9.17, 15) is 9.59 Å². The Morgan fingerprint density at radius 3 is 2.60 bits per heavy atom. The number of nitrogens with one attached hydrogen (secondary N) is 2. The molecular formula is C18H22N4O2S. The Morgan fingerprint density at radius 1 is 1.24 bits per heavy atom. The first kappa shape index (κ1) is 17.6. The van der Waals surface area contributed by atoms with Crippen LogP contribution >= 0.6 is 11.3 Å². The van der Waals surface area contributed by atoms with Crippen molar-refractivity contribution in [1.82, 2.24) is 15.2 Å². The molecule has 2 heterocycles. The molecule has 7 heteroatoms. The third-order valence-electron chi connectivity index (χ3n) is 4.31. The summed E-state index contributed by atoms with van der Waals surface area (Å²) in [5.74, 6) is -1.22. The maximum atomic E-state index is 12.1. The molecule has 2 N–H and O–H groups in total. The van der Waals surface area contributed by atoms with Crippen molar-refractivity contribution in [3.05, 3.63) is 35.8 Å². The first-order valence-corrected chi connectivity index (χ1v) is 9.26. The molecule has 2 aromatic rings. The summed E-state index contributed by atoms with van der Waals surface area (Å²) >= 11 is 1.55. The van der Waals surface area contributed by atoms with Gasteiger partial charge in [-0.15, -0.1) is 11.3 Å². The number of likely N-dealkylation sites (tertiary alicyclic amines) is 1. The van der Waals surface area contributed by atoms with Crippen LogP contribution in [0.1, 0.15) is 20.3 Å². The van der Waals surface area contributed by atoms with Gasteiger partial charge in [-0.3, -0.25) is 14.5 Å². The molecule has 6 nitrogen and oxygen atoms in total. The number of carbonyl (C=O) groups is 2. The van der Waals surface area contributed by atoms with Gasteiger partial charge in [0, 0.05) is 48.0 Å². The van der Waals surface area contributed by atoms with E-state index in [0.29, 0.717) is 11.7 Å². The lowest BCUT2D eigenvalue weighted by atomic mass is 10.2. The van der Waals surface area contributed by atoms with Crippen LogP contribution in [0.3, 0.4) is 0 Å². The van der Waals surface area contributed by atoms with Gasteiger partial charge in [-0.05, 0) is 44.5 Å². The fraction of sp³-hybridized carbons (Fsp3) is 0.389. The average molecular weight is 358 g/mol. The summed E-state index contributed by atoms with van der Waals surface area (Å²) in [6, 6.07) is 7.80. The van der Waals surface area contributed by atoms with E-state index in [1.54, 1.807) is 29.7 Å². The summed E-state index contributed by atoms with van der Waals surface area (Å²) in [6.07, 6.45) is 2.63. The number of aromatic nitrogens is 1. The normalized spacial score (nSPS) is 17.6. The number of anilines is 1. The van der Waals surface area contributed by atoms with Gasteiger partial charge in [0.15, 0.2) is 0 Å². The minimum atomic E-state index is -0.634. The summed E-state index contributed by atoms with van der Waals surface area (Å²) in [5.41, 5.74) is 1.58. The molecule has 0 spiro atoms. The second kappa shape index (κ2) is 7.76. The fourth-order valence-corrected chi connectivity index (χ4v) is 3.52. The predicted octanol–water partition coefficient (Wildman–Crippen LogP) is 2.35. The van der Waals surface area contributed by atoms with E-state index in [1.165, 1.54) is 0 Å². The molecule has 0 aliphatic carbocycles. The van der Waals surface area contributed by atoms with Crippen LogP contribution in [0.2, 0.25) is 0 Å². The van der Waals surface area contributed by atoms with Crippen LogP contribution < -0.4 is 10.6 Å². The van der Waals surface area contributed by atoms with Gasteiger partial charge in [0.1, 0.15) is 5.01 Å². The van der Waals surface area contributed by atoms with Crippen molar-refractivity contribution in [3.63, 3.8) is 0 Å². The maximum absolute atomic E-state index is 12.1. The molecule has 1 aromatic heterocycles. The molecule has 0 saturated carbocycles. The number of hydrogen-bond acceptors (Lipinski definition) is 5. The smallest absolute Gasteiger partial charge is 0.313 e. The third-order valence-corrected chi connectivity index (χ3v) is 5.14. The first-order valence-electron chi connectivity index (χ1n) is 8.39. The largest absolute Gasteiger partial charge is 0.344 e. The van der Waals surface area contributed by atoms with E-state index in [0.717, 1.165) is 30.1 Å². The van der Waals surface area contributed by atoms with Gasteiger partial charge in [0.05, 0.1) is 0 Å². The Labute approximate surface area is 151 Å². The molecule has 1 fully saturated rings. The molecule has 25 heavy (non-hydrogen) atoms. The topological polar surface area (TPSA) is 74.3 Å². The highest BCUT2D eigenvalue weighted by Crippen LogP contribution is 2.23. The van der Waals surface area contributed by atoms with Crippen LogP contribution in [0, 0.1) is 0 Å². The SMILES string of the molecule is CC(C)N1CCC(NC(=O)C(=O)Nc2ccc(-c3nccs3)cc2)C1. The lowest BCUT2D eigenvalue weighted by Crippen LogP contribution is -2.43. The summed E-state index contributed by atoms with van der Waals surface area (Å²) in [5, 5.41) is 8.30. The number of benzene rings is 1. The third kappa shape index (κ3) is 4.43. The standard InChI is InChI=1S/C18H22N4O2S/c1-12(2)22-9-7-15(11-22)21-17(24)16(23)20-14-5-3-13(4-6-14)18-19-8-10-25-18/h3-6,8,10,12,15H,7,9,11H2,1-2H3,(H,20,23)(H,21,24). The molecule has 0 radical (unpaired) electrons. The number of thiazole rings is 1. The zero-order valence-corrected chi connectivity index (χ0v) is 15.2. The van der Waals surface area contributed by atoms with Gasteiger partial charge < -0.3 is 10.6 Å². The monoisotopic (exact) mass is 358 g/mol. The number of carbonyl (C=O) groups excluding carboxylic acids is 2. The Balaban J connectivity index is 1.52. The summed E-state index contributed by atoms with van der Waals surface area (Å²) < 4.78 is 0. The van der Waals surface area contributed by atoms with Gasteiger partial charge in [-0.25, -0.2) is 4.98 Å². The second-order valence-electron chi connectivity index (χ2n) is 6.42. The summed E-state index contributed by atoms with van der Waals surface area (Å²) in [4.78, 5) is 30.7. The van der Waals surface area contributed by atoms with Crippen molar-refractivity contribution in [1.29, 1.82) is 0 Å². The van der Waals surface area contributed by atoms with E-state index in [-0.39, 0.29) is 6.04 Å². The van der Waals surface area contributed by atoms with E-state index >= 15 is 0 Å². The highest BCUT2D eigenvalue weighted by Gasteiger charge is 2.27. The second-order valence-corrected chi connectivity index (χ2v) is 7.31. The van der Waals surface area contributed by atoms with Gasteiger partial charge in [-0.1, -0.05) is 0 Å². The lowest BCUT2D eigenvalue weighted by Gasteiger charge is -2.20. The Morgan fingerprint density at radius 2 is 2.00 bits per heavy atom. The molecule has 0 bridgehead atoms. The maximum Gasteiger partial charge on any atom is 0.313 e. The minimum Gasteiger partial charge on any atom is -0.344 e. The number of amides is 2. The van der Waals surface area contributed by atoms with Crippen LogP contribution in [0.5, 0.6) is 0 Å². The van der Waals surface area contributed by atoms with Crippen LogP contribution in [0.25, 0.3) is 10.6 Å². The van der Waals surface area contributed by atoms with Crippen molar-refractivity contribution in [2.45, 2.75) is 32.4 Å². The Bertz CT molecular complexity index is 728. The fourth-order valence-electron chi connectivity index (χ4n) is 2.88. The quantitative estimate of drug-likeness (QED) is 0.823. The summed E-state index contributed by atoms with van der Waals surface area (Å²) in [6.45, 7) is 6.00. The molecular weight excluding hydrogens is 336 g/mol. The lowest BCUT2D eigenvalue weighted by molar-refractivity contribution is -0.136. The predicted molar refractivity (Wildman–Crippen MR) is 99.4 cm³/mol. The minimum absolute atomic E-state index is 0.0351. The van der Waals surface area contributed by atoms with E-state index in [4.69, 9.17) is 0 Å². The van der Waals surface area contributed by atoms with Crippen LogP contribution in [-0.4, -0.2) is 46.9 Å². The zero-order chi connectivity index (χ0) is 17.8. The highest BCUT2D eigenvalue weighted by atomic mass is 32.1. The van der Waals surface area contributed by atoms with Gasteiger partial charge in [-0.2, -0.15) is 0 Å². The zero-order valence-electron chi connectivity index (χ0n) is 14.4. The Hall–Kier alpha value is -2.25. The van der Waals surface area contributed by atoms with E-state index in [2.05, 4.69) is 34.4 Å². The average Bonchev–Trinajstić information content (AvgIpc) is 3.27. The van der Waals surface area contributed by atoms with Crippen LogP contribution in [-0.2, 0) is 9.59 Å². The molecule has 2 amide bonds. The number of hydrogen-bond donors (Lipinski definition) is 2. The molecule has 3 rings (SSSR count). The van der Waals surface area contributed by atoms with Crippen molar-refractivity contribution >= 4 is 28.8 Å². The molecule has 1 aliphatic heterocycles. The van der Waals surface area contributed by atoms with Crippen LogP contribution in [0.4, 0.5) is 5.69 Å². The first-order chi connectivity index (χ1) is 12.0.